The van der Waals surface area contributed by atoms with Gasteiger partial charge in [-0.15, -0.1) is 0 Å². The normalized spacial score (nSPS) is 15.8. The highest BCUT2D eigenvalue weighted by molar-refractivity contribution is 8.00. The van der Waals surface area contributed by atoms with E-state index in [4.69, 9.17) is 16.3 Å². The second-order valence-electron chi connectivity index (χ2n) is 5.71. The van der Waals surface area contributed by atoms with E-state index in [0.717, 1.165) is 29.0 Å². The van der Waals surface area contributed by atoms with Gasteiger partial charge in [0.2, 0.25) is 5.91 Å². The Morgan fingerprint density at radius 1 is 1.57 bits per heavy atom. The van der Waals surface area contributed by atoms with Gasteiger partial charge in [-0.25, -0.2) is 4.98 Å². The molecule has 0 radical (unpaired) electrons. The second-order valence-corrected chi connectivity index (χ2v) is 7.46. The van der Waals surface area contributed by atoms with Crippen LogP contribution in [-0.2, 0) is 16.1 Å². The van der Waals surface area contributed by atoms with E-state index in [-0.39, 0.29) is 11.2 Å². The van der Waals surface area contributed by atoms with Crippen LogP contribution in [0.4, 0.5) is 0 Å². The first kappa shape index (κ1) is 16.6. The van der Waals surface area contributed by atoms with Gasteiger partial charge in [0, 0.05) is 24.7 Å². The predicted octanol–water partition coefficient (Wildman–Crippen LogP) is 3.10. The van der Waals surface area contributed by atoms with Crippen LogP contribution in [0.5, 0.6) is 0 Å². The molecule has 1 fully saturated rings. The molecule has 124 valence electrons. The summed E-state index contributed by atoms with van der Waals surface area (Å²) in [6.45, 7) is 3.19. The molecule has 1 saturated carbocycles. The van der Waals surface area contributed by atoms with Crippen molar-refractivity contribution in [2.75, 3.05) is 13.7 Å². The van der Waals surface area contributed by atoms with Crippen LogP contribution in [0.25, 0.3) is 11.0 Å². The third-order valence-corrected chi connectivity index (χ3v) is 5.09. The Bertz CT molecular complexity index is 715. The third-order valence-electron chi connectivity index (χ3n) is 3.77. The van der Waals surface area contributed by atoms with Crippen molar-refractivity contribution in [2.24, 2.45) is 0 Å². The van der Waals surface area contributed by atoms with Crippen LogP contribution in [0.1, 0.15) is 19.8 Å². The third kappa shape index (κ3) is 4.00. The van der Waals surface area contributed by atoms with E-state index in [1.165, 1.54) is 11.8 Å². The van der Waals surface area contributed by atoms with E-state index in [1.54, 1.807) is 7.11 Å². The molecule has 1 unspecified atom stereocenters. The number of fused-ring (bicyclic) bond motifs is 1. The molecule has 1 aliphatic carbocycles. The van der Waals surface area contributed by atoms with Gasteiger partial charge in [-0.05, 0) is 38.0 Å². The smallest absolute Gasteiger partial charge is 0.233 e. The topological polar surface area (TPSA) is 56.1 Å². The number of aromatic nitrogens is 2. The first-order chi connectivity index (χ1) is 11.1. The van der Waals surface area contributed by atoms with Crippen molar-refractivity contribution < 1.29 is 9.53 Å². The average molecular weight is 354 g/mol. The van der Waals surface area contributed by atoms with Gasteiger partial charge in [0.1, 0.15) is 0 Å². The van der Waals surface area contributed by atoms with Crippen molar-refractivity contribution in [2.45, 2.75) is 42.8 Å². The van der Waals surface area contributed by atoms with Gasteiger partial charge < -0.3 is 14.6 Å². The highest BCUT2D eigenvalue weighted by atomic mass is 35.5. The number of thioether (sulfide) groups is 1. The molecule has 2 aromatic rings. The molecule has 0 saturated heterocycles. The molecule has 1 heterocycles. The van der Waals surface area contributed by atoms with Crippen molar-refractivity contribution in [3.05, 3.63) is 23.2 Å². The van der Waals surface area contributed by atoms with E-state index < -0.39 is 0 Å². The lowest BCUT2D eigenvalue weighted by Gasteiger charge is -2.13. The van der Waals surface area contributed by atoms with Crippen LogP contribution in [0.15, 0.2) is 23.4 Å². The number of nitrogens with zero attached hydrogens (tertiary/aromatic N) is 2. The number of hydrogen-bond acceptors (Lipinski definition) is 4. The van der Waals surface area contributed by atoms with E-state index in [1.807, 2.05) is 25.1 Å². The zero-order chi connectivity index (χ0) is 16.4. The van der Waals surface area contributed by atoms with E-state index in [0.29, 0.717) is 24.2 Å². The number of halogens is 1. The lowest BCUT2D eigenvalue weighted by Crippen LogP contribution is -2.32. The molecule has 1 aromatic heterocycles. The zero-order valence-electron chi connectivity index (χ0n) is 13.2. The van der Waals surface area contributed by atoms with Crippen LogP contribution in [-0.4, -0.2) is 40.5 Å². The number of nitrogens with one attached hydrogen (secondary N) is 1. The number of benzene rings is 1. The monoisotopic (exact) mass is 353 g/mol. The fourth-order valence-corrected chi connectivity index (χ4v) is 3.45. The molecule has 1 N–H and O–H groups in total. The fraction of sp³-hybridized carbons (Fsp3) is 0.500. The van der Waals surface area contributed by atoms with Crippen molar-refractivity contribution >= 4 is 40.3 Å². The lowest BCUT2D eigenvalue weighted by molar-refractivity contribution is -0.120. The zero-order valence-corrected chi connectivity index (χ0v) is 14.8. The number of amides is 1. The summed E-state index contributed by atoms with van der Waals surface area (Å²) in [5.41, 5.74) is 1.84. The minimum absolute atomic E-state index is 0.0703. The Kier molecular flexibility index (Phi) is 5.14. The van der Waals surface area contributed by atoms with Crippen LogP contribution in [0.2, 0.25) is 5.02 Å². The van der Waals surface area contributed by atoms with Crippen molar-refractivity contribution in [1.82, 2.24) is 14.9 Å². The van der Waals surface area contributed by atoms with Crippen LogP contribution in [0.3, 0.4) is 0 Å². The summed E-state index contributed by atoms with van der Waals surface area (Å²) < 4.78 is 7.28. The predicted molar refractivity (Wildman–Crippen MR) is 93.1 cm³/mol. The van der Waals surface area contributed by atoms with Crippen LogP contribution in [0, 0.1) is 0 Å². The Morgan fingerprint density at radius 3 is 3.04 bits per heavy atom. The molecule has 3 rings (SSSR count). The number of carbonyl (C=O) groups excluding carboxylic acids is 1. The molecular formula is C16H20ClN3O2S. The highest BCUT2D eigenvalue weighted by Gasteiger charge is 2.27. The SMILES string of the molecule is COCCn1c(SC(C)C(=O)NC2CC2)nc2cc(Cl)ccc21. The van der Waals surface area contributed by atoms with Crippen molar-refractivity contribution in [3.8, 4) is 0 Å². The van der Waals surface area contributed by atoms with Crippen molar-refractivity contribution in [1.29, 1.82) is 0 Å². The molecule has 23 heavy (non-hydrogen) atoms. The Hall–Kier alpha value is -1.24. The fourth-order valence-electron chi connectivity index (χ4n) is 2.33. The van der Waals surface area contributed by atoms with Crippen LogP contribution < -0.4 is 5.32 Å². The second kappa shape index (κ2) is 7.11. The van der Waals surface area contributed by atoms with Gasteiger partial charge in [-0.2, -0.15) is 0 Å². The largest absolute Gasteiger partial charge is 0.383 e. The quantitative estimate of drug-likeness (QED) is 0.777. The maximum absolute atomic E-state index is 12.2. The first-order valence-electron chi connectivity index (χ1n) is 7.70. The Morgan fingerprint density at radius 2 is 2.35 bits per heavy atom. The van der Waals surface area contributed by atoms with E-state index in [9.17, 15) is 4.79 Å². The summed E-state index contributed by atoms with van der Waals surface area (Å²) >= 11 is 7.53. The average Bonchev–Trinajstić information content (AvgIpc) is 3.26. The molecule has 0 spiro atoms. The van der Waals surface area contributed by atoms with Gasteiger partial charge >= 0.3 is 0 Å². The number of imidazole rings is 1. The van der Waals surface area contributed by atoms with Gasteiger partial charge in [0.25, 0.3) is 0 Å². The van der Waals surface area contributed by atoms with E-state index >= 15 is 0 Å². The minimum atomic E-state index is -0.191. The number of ether oxygens (including phenoxy) is 1. The molecule has 1 amide bonds. The summed E-state index contributed by atoms with van der Waals surface area (Å²) in [4.78, 5) is 16.8. The molecule has 1 atom stereocenters. The molecule has 1 aliphatic rings. The summed E-state index contributed by atoms with van der Waals surface area (Å²) in [5.74, 6) is 0.0703. The summed E-state index contributed by atoms with van der Waals surface area (Å²) in [5, 5.41) is 4.32. The maximum Gasteiger partial charge on any atom is 0.233 e. The van der Waals surface area contributed by atoms with Crippen molar-refractivity contribution in [3.63, 3.8) is 0 Å². The van der Waals surface area contributed by atoms with Crippen LogP contribution >= 0.6 is 23.4 Å². The number of rotatable bonds is 7. The Labute approximate surface area is 144 Å². The highest BCUT2D eigenvalue weighted by Crippen LogP contribution is 2.29. The summed E-state index contributed by atoms with van der Waals surface area (Å²) in [7, 11) is 1.68. The number of hydrogen-bond donors (Lipinski definition) is 1. The summed E-state index contributed by atoms with van der Waals surface area (Å²) in [6.07, 6.45) is 2.18. The van der Waals surface area contributed by atoms with Gasteiger partial charge in [0.05, 0.1) is 22.9 Å². The molecule has 5 nitrogen and oxygen atoms in total. The van der Waals surface area contributed by atoms with Gasteiger partial charge in [0.15, 0.2) is 5.16 Å². The standard InChI is InChI=1S/C16H20ClN3O2S/c1-10(15(21)18-12-4-5-12)23-16-19-13-9-11(17)3-6-14(13)20(16)7-8-22-2/h3,6,9-10,12H,4-5,7-8H2,1-2H3,(H,18,21). The molecular weight excluding hydrogens is 334 g/mol. The molecule has 1 aromatic carbocycles. The Balaban J connectivity index is 1.83. The maximum atomic E-state index is 12.2. The minimum Gasteiger partial charge on any atom is -0.383 e. The summed E-state index contributed by atoms with van der Waals surface area (Å²) in [6, 6.07) is 6.03. The van der Waals surface area contributed by atoms with Gasteiger partial charge in [-0.3, -0.25) is 4.79 Å². The number of methoxy groups -OCH3 is 1. The molecule has 0 bridgehead atoms. The van der Waals surface area contributed by atoms with Gasteiger partial charge in [-0.1, -0.05) is 23.4 Å². The first-order valence-corrected chi connectivity index (χ1v) is 8.96. The molecule has 7 heteroatoms. The molecule has 0 aliphatic heterocycles. The van der Waals surface area contributed by atoms with E-state index in [2.05, 4.69) is 14.9 Å². The number of carbonyl (C=O) groups is 1. The lowest BCUT2D eigenvalue weighted by atomic mass is 10.3.